The lowest BCUT2D eigenvalue weighted by Crippen LogP contribution is -2.07. The maximum atomic E-state index is 12.7. The van der Waals surface area contributed by atoms with Gasteiger partial charge in [-0.25, -0.2) is 9.13 Å². The van der Waals surface area contributed by atoms with Crippen molar-refractivity contribution in [2.75, 3.05) is 13.2 Å². The molecule has 28 heavy (non-hydrogen) atoms. The largest absolute Gasteiger partial charge is 0.483 e. The van der Waals surface area contributed by atoms with Crippen LogP contribution in [0.15, 0.2) is 0 Å². The summed E-state index contributed by atoms with van der Waals surface area (Å²) in [6.07, 6.45) is 11.9. The van der Waals surface area contributed by atoms with E-state index in [1.54, 1.807) is 13.8 Å². The van der Waals surface area contributed by atoms with Crippen LogP contribution in [-0.2, 0) is 27.0 Å². The first-order chi connectivity index (χ1) is 13.2. The topological polar surface area (TPSA) is 91.3 Å². The Morgan fingerprint density at radius 2 is 1.14 bits per heavy atom. The molecule has 0 aromatic rings. The Hall–Kier alpha value is 0.260. The van der Waals surface area contributed by atoms with E-state index in [0.29, 0.717) is 12.8 Å². The van der Waals surface area contributed by atoms with Crippen LogP contribution in [0, 0.1) is 0 Å². The lowest BCUT2D eigenvalue weighted by Gasteiger charge is -2.22. The molecule has 0 radical (unpaired) electrons. The Morgan fingerprint density at radius 1 is 0.714 bits per heavy atom. The van der Waals surface area contributed by atoms with Crippen molar-refractivity contribution in [3.8, 4) is 0 Å². The van der Waals surface area contributed by atoms with E-state index < -0.39 is 21.7 Å². The SMILES string of the molecule is CCCCCCCCOP(=O)(O)OP(=O)(OCCCCCCCC)OC(C)C. The van der Waals surface area contributed by atoms with Crippen LogP contribution in [0.4, 0.5) is 0 Å². The highest BCUT2D eigenvalue weighted by Crippen LogP contribution is 2.64. The van der Waals surface area contributed by atoms with Gasteiger partial charge in [0.2, 0.25) is 0 Å². The molecule has 2 unspecified atom stereocenters. The van der Waals surface area contributed by atoms with Crippen LogP contribution in [0.1, 0.15) is 105 Å². The smallest absolute Gasteiger partial charge is 0.302 e. The maximum Gasteiger partial charge on any atom is 0.483 e. The number of hydrogen-bond donors (Lipinski definition) is 1. The zero-order valence-corrected chi connectivity index (χ0v) is 20.1. The minimum atomic E-state index is -4.52. The van der Waals surface area contributed by atoms with Gasteiger partial charge in [0, 0.05) is 0 Å². The third kappa shape index (κ3) is 17.1. The lowest BCUT2D eigenvalue weighted by molar-refractivity contribution is 0.105. The van der Waals surface area contributed by atoms with Crippen LogP contribution in [0.2, 0.25) is 0 Å². The minimum absolute atomic E-state index is 0.0685. The number of rotatable bonds is 20. The lowest BCUT2D eigenvalue weighted by atomic mass is 10.1. The van der Waals surface area contributed by atoms with Crippen molar-refractivity contribution >= 4 is 15.6 Å². The summed E-state index contributed by atoms with van der Waals surface area (Å²) in [5.41, 5.74) is 0. The fraction of sp³-hybridized carbons (Fsp3) is 1.00. The van der Waals surface area contributed by atoms with E-state index in [1.807, 2.05) is 0 Å². The van der Waals surface area contributed by atoms with Gasteiger partial charge in [0.1, 0.15) is 0 Å². The average molecular weight is 444 g/mol. The molecule has 0 aliphatic heterocycles. The molecule has 9 heteroatoms. The van der Waals surface area contributed by atoms with Gasteiger partial charge in [0.25, 0.3) is 0 Å². The first-order valence-electron chi connectivity index (χ1n) is 10.9. The Bertz CT molecular complexity index is 458. The number of hydrogen-bond acceptors (Lipinski definition) is 6. The molecule has 0 bridgehead atoms. The van der Waals surface area contributed by atoms with Crippen molar-refractivity contribution in [3.05, 3.63) is 0 Å². The third-order valence-corrected chi connectivity index (χ3v) is 7.36. The Labute approximate surface area is 172 Å². The van der Waals surface area contributed by atoms with Crippen LogP contribution in [0.25, 0.3) is 0 Å². The van der Waals surface area contributed by atoms with Crippen molar-refractivity contribution in [1.82, 2.24) is 0 Å². The summed E-state index contributed by atoms with van der Waals surface area (Å²) in [6, 6.07) is 0. The van der Waals surface area contributed by atoms with E-state index in [-0.39, 0.29) is 13.2 Å². The molecule has 170 valence electrons. The second-order valence-electron chi connectivity index (χ2n) is 7.35. The molecule has 0 heterocycles. The van der Waals surface area contributed by atoms with Crippen molar-refractivity contribution < 1.29 is 31.9 Å². The molecule has 7 nitrogen and oxygen atoms in total. The number of unbranched alkanes of at least 4 members (excludes halogenated alkanes) is 10. The van der Waals surface area contributed by atoms with Crippen molar-refractivity contribution in [1.29, 1.82) is 0 Å². The van der Waals surface area contributed by atoms with E-state index in [0.717, 1.165) is 38.5 Å². The van der Waals surface area contributed by atoms with Crippen LogP contribution in [0.3, 0.4) is 0 Å². The second kappa shape index (κ2) is 17.0. The van der Waals surface area contributed by atoms with Gasteiger partial charge >= 0.3 is 15.6 Å². The molecule has 0 saturated heterocycles. The molecule has 1 N–H and O–H groups in total. The summed E-state index contributed by atoms with van der Waals surface area (Å²) in [4.78, 5) is 9.88. The first kappa shape index (κ1) is 28.3. The molecule has 2 atom stereocenters. The zero-order valence-electron chi connectivity index (χ0n) is 18.3. The quantitative estimate of drug-likeness (QED) is 0.155. The van der Waals surface area contributed by atoms with Gasteiger partial charge in [-0.3, -0.25) is 13.6 Å². The van der Waals surface area contributed by atoms with E-state index >= 15 is 0 Å². The van der Waals surface area contributed by atoms with Gasteiger partial charge in [-0.2, -0.15) is 4.31 Å². The van der Waals surface area contributed by atoms with Crippen LogP contribution in [-0.4, -0.2) is 24.2 Å². The predicted molar refractivity (Wildman–Crippen MR) is 113 cm³/mol. The van der Waals surface area contributed by atoms with Crippen LogP contribution < -0.4 is 0 Å². The average Bonchev–Trinajstić information content (AvgIpc) is 2.59. The molecule has 0 saturated carbocycles. The highest BCUT2D eigenvalue weighted by Gasteiger charge is 2.38. The Balaban J connectivity index is 4.29. The third-order valence-electron chi connectivity index (χ3n) is 4.04. The number of phosphoric acid groups is 2. The highest BCUT2D eigenvalue weighted by atomic mass is 31.3. The van der Waals surface area contributed by atoms with Gasteiger partial charge in [-0.1, -0.05) is 78.1 Å². The molecule has 0 aromatic heterocycles. The maximum absolute atomic E-state index is 12.7. The second-order valence-corrected chi connectivity index (χ2v) is 10.6. The van der Waals surface area contributed by atoms with Crippen LogP contribution in [0.5, 0.6) is 0 Å². The van der Waals surface area contributed by atoms with E-state index in [1.165, 1.54) is 25.7 Å². The minimum Gasteiger partial charge on any atom is -0.302 e. The summed E-state index contributed by atoms with van der Waals surface area (Å²) >= 11 is 0. The van der Waals surface area contributed by atoms with Crippen molar-refractivity contribution in [3.63, 3.8) is 0 Å². The van der Waals surface area contributed by atoms with Gasteiger partial charge in [0.05, 0.1) is 19.3 Å². The molecule has 0 aliphatic carbocycles. The summed E-state index contributed by atoms with van der Waals surface area (Å²) < 4.78 is 45.0. The fourth-order valence-corrected chi connectivity index (χ4v) is 5.43. The molecular weight excluding hydrogens is 402 g/mol. The molecule has 0 amide bonds. The normalized spacial score (nSPS) is 16.2. The standard InChI is InChI=1S/C19H42O7P2/c1-5-7-9-11-13-15-17-23-27(20,21)26-28(22,25-19(3)4)24-18-16-14-12-10-8-6-2/h19H,5-18H2,1-4H3,(H,20,21). The summed E-state index contributed by atoms with van der Waals surface area (Å²) in [5.74, 6) is 0. The van der Waals surface area contributed by atoms with E-state index in [4.69, 9.17) is 17.9 Å². The van der Waals surface area contributed by atoms with Gasteiger partial charge < -0.3 is 4.89 Å². The number of phosphoric ester groups is 2. The van der Waals surface area contributed by atoms with Gasteiger partial charge in [0.15, 0.2) is 0 Å². The monoisotopic (exact) mass is 444 g/mol. The van der Waals surface area contributed by atoms with Crippen LogP contribution >= 0.6 is 15.6 Å². The van der Waals surface area contributed by atoms with Gasteiger partial charge in [-0.05, 0) is 26.7 Å². The summed E-state index contributed by atoms with van der Waals surface area (Å²) in [7, 11) is -8.68. The van der Waals surface area contributed by atoms with Crippen molar-refractivity contribution in [2.24, 2.45) is 0 Å². The highest BCUT2D eigenvalue weighted by molar-refractivity contribution is 7.61. The molecular formula is C19H42O7P2. The Morgan fingerprint density at radius 3 is 1.61 bits per heavy atom. The first-order valence-corrected chi connectivity index (χ1v) is 13.8. The molecule has 0 aromatic carbocycles. The molecule has 0 aliphatic rings. The van der Waals surface area contributed by atoms with Crippen molar-refractivity contribution in [2.45, 2.75) is 111 Å². The fourth-order valence-electron chi connectivity index (χ4n) is 2.60. The molecule has 0 spiro atoms. The molecule has 0 rings (SSSR count). The zero-order chi connectivity index (χ0) is 21.3. The predicted octanol–water partition coefficient (Wildman–Crippen LogP) is 7.39. The summed E-state index contributed by atoms with van der Waals surface area (Å²) in [6.45, 7) is 7.83. The van der Waals surface area contributed by atoms with Gasteiger partial charge in [-0.15, -0.1) is 0 Å². The van der Waals surface area contributed by atoms with E-state index in [9.17, 15) is 14.0 Å². The van der Waals surface area contributed by atoms with E-state index in [2.05, 4.69) is 13.8 Å². The summed E-state index contributed by atoms with van der Waals surface area (Å²) in [5, 5.41) is 0. The molecule has 0 fully saturated rings. The Kier molecular flexibility index (Phi) is 17.2.